The van der Waals surface area contributed by atoms with Crippen molar-refractivity contribution in [3.05, 3.63) is 35.9 Å². The molecule has 1 fully saturated rings. The Labute approximate surface area is 99.5 Å². The first-order chi connectivity index (χ1) is 7.60. The van der Waals surface area contributed by atoms with Gasteiger partial charge in [-0.1, -0.05) is 38.1 Å². The summed E-state index contributed by atoms with van der Waals surface area (Å²) in [6.07, 6.45) is 2.64. The molecule has 1 nitrogen and oxygen atoms in total. The maximum Gasteiger partial charge on any atom is -0.00188 e. The fraction of sp³-hybridized carbons (Fsp3) is 0.600. The quantitative estimate of drug-likeness (QED) is 0.734. The number of nitrogens with zero attached hydrogens (tertiary/aromatic N) is 1. The molecule has 0 aromatic heterocycles. The molecule has 1 radical (unpaired) electrons. The van der Waals surface area contributed by atoms with E-state index in [-0.39, 0.29) is 0 Å². The van der Waals surface area contributed by atoms with Crippen molar-refractivity contribution in [1.82, 2.24) is 4.90 Å². The topological polar surface area (TPSA) is 3.24 Å². The van der Waals surface area contributed by atoms with Crippen LogP contribution in [0.4, 0.5) is 0 Å². The van der Waals surface area contributed by atoms with Gasteiger partial charge >= 0.3 is 0 Å². The van der Waals surface area contributed by atoms with Gasteiger partial charge in [0.1, 0.15) is 0 Å². The van der Waals surface area contributed by atoms with E-state index in [9.17, 15) is 0 Å². The molecule has 1 aromatic rings. The van der Waals surface area contributed by atoms with Crippen molar-refractivity contribution >= 4 is 0 Å². The lowest BCUT2D eigenvalue weighted by Crippen LogP contribution is -2.38. The number of hydrogen-bond donors (Lipinski definition) is 0. The van der Waals surface area contributed by atoms with Crippen LogP contribution in [0.1, 0.15) is 32.3 Å². The molecule has 2 rings (SSSR count). The molecule has 16 heavy (non-hydrogen) atoms. The van der Waals surface area contributed by atoms with Crippen LogP contribution in [0, 0.1) is 12.0 Å². The minimum absolute atomic E-state index is 0.302. The minimum atomic E-state index is 0.302. The van der Waals surface area contributed by atoms with Gasteiger partial charge in [-0.2, -0.15) is 0 Å². The lowest BCUT2D eigenvalue weighted by molar-refractivity contribution is 0.163. The summed E-state index contributed by atoms with van der Waals surface area (Å²) in [5, 5.41) is 0. The molecule has 0 aliphatic carbocycles. The highest BCUT2D eigenvalue weighted by Gasteiger charge is 2.32. The van der Waals surface area contributed by atoms with Gasteiger partial charge in [-0.25, -0.2) is 0 Å². The van der Waals surface area contributed by atoms with Gasteiger partial charge in [0.15, 0.2) is 0 Å². The molecule has 0 spiro atoms. The average molecular weight is 216 g/mol. The van der Waals surface area contributed by atoms with Gasteiger partial charge in [0.05, 0.1) is 0 Å². The Hall–Kier alpha value is -0.820. The van der Waals surface area contributed by atoms with Gasteiger partial charge in [0.25, 0.3) is 0 Å². The third kappa shape index (κ3) is 2.30. The molecule has 0 saturated carbocycles. The smallest absolute Gasteiger partial charge is 0.00188 e. The van der Waals surface area contributed by atoms with Crippen molar-refractivity contribution in [2.24, 2.45) is 5.92 Å². The largest absolute Gasteiger partial charge is 0.306 e. The number of hydrogen-bond acceptors (Lipinski definition) is 1. The molecule has 1 aliphatic rings. The molecule has 0 N–H and O–H groups in total. The van der Waals surface area contributed by atoms with E-state index in [0.717, 1.165) is 5.92 Å². The zero-order valence-electron chi connectivity index (χ0n) is 10.7. The van der Waals surface area contributed by atoms with Crippen LogP contribution in [0.2, 0.25) is 0 Å². The van der Waals surface area contributed by atoms with E-state index in [2.05, 4.69) is 44.0 Å². The monoisotopic (exact) mass is 216 g/mol. The maximum absolute atomic E-state index is 3.11. The summed E-state index contributed by atoms with van der Waals surface area (Å²) >= 11 is 0. The van der Waals surface area contributed by atoms with Crippen LogP contribution in [-0.2, 0) is 5.41 Å². The van der Waals surface area contributed by atoms with Crippen LogP contribution in [0.5, 0.6) is 0 Å². The highest BCUT2D eigenvalue weighted by molar-refractivity contribution is 5.24. The third-order valence-corrected chi connectivity index (χ3v) is 4.20. The average Bonchev–Trinajstić information content (AvgIpc) is 2.31. The molecule has 1 heteroatoms. The molecular formula is C15H22N. The SMILES string of the molecule is CN1CCC(C(C)(C)c2cc[c]cc2)CC1. The van der Waals surface area contributed by atoms with E-state index in [4.69, 9.17) is 0 Å². The van der Waals surface area contributed by atoms with E-state index in [1.54, 1.807) is 0 Å². The van der Waals surface area contributed by atoms with Crippen LogP contribution >= 0.6 is 0 Å². The Bertz CT molecular complexity index is 321. The number of benzene rings is 1. The summed E-state index contributed by atoms with van der Waals surface area (Å²) < 4.78 is 0. The van der Waals surface area contributed by atoms with Crippen molar-refractivity contribution < 1.29 is 0 Å². The van der Waals surface area contributed by atoms with E-state index < -0.39 is 0 Å². The second kappa shape index (κ2) is 4.58. The predicted molar refractivity (Wildman–Crippen MR) is 68.5 cm³/mol. The van der Waals surface area contributed by atoms with Crippen LogP contribution in [0.3, 0.4) is 0 Å². The second-order valence-electron chi connectivity index (χ2n) is 5.59. The van der Waals surface area contributed by atoms with E-state index in [0.29, 0.717) is 5.41 Å². The van der Waals surface area contributed by atoms with Gasteiger partial charge < -0.3 is 4.90 Å². The number of likely N-dealkylation sites (tertiary alicyclic amines) is 1. The fourth-order valence-electron chi connectivity index (χ4n) is 2.78. The highest BCUT2D eigenvalue weighted by atomic mass is 15.1. The molecule has 0 bridgehead atoms. The van der Waals surface area contributed by atoms with Gasteiger partial charge in [-0.15, -0.1) is 0 Å². The first-order valence-electron chi connectivity index (χ1n) is 6.26. The van der Waals surface area contributed by atoms with Crippen molar-refractivity contribution in [2.45, 2.75) is 32.1 Å². The van der Waals surface area contributed by atoms with E-state index >= 15 is 0 Å². The fourth-order valence-corrected chi connectivity index (χ4v) is 2.78. The Morgan fingerprint density at radius 1 is 1.19 bits per heavy atom. The summed E-state index contributed by atoms with van der Waals surface area (Å²) in [5.74, 6) is 0.811. The third-order valence-electron chi connectivity index (χ3n) is 4.20. The minimum Gasteiger partial charge on any atom is -0.306 e. The standard InChI is InChI=1S/C15H22N/c1-15(2,13-7-5-4-6-8-13)14-9-11-16(3)12-10-14/h5-8,14H,9-12H2,1-3H3. The van der Waals surface area contributed by atoms with Gasteiger partial charge in [-0.3, -0.25) is 0 Å². The Morgan fingerprint density at radius 3 is 2.31 bits per heavy atom. The molecule has 0 atom stereocenters. The Kier molecular flexibility index (Phi) is 3.34. The zero-order chi connectivity index (χ0) is 11.6. The zero-order valence-corrected chi connectivity index (χ0v) is 10.7. The molecule has 87 valence electrons. The van der Waals surface area contributed by atoms with Crippen molar-refractivity contribution in [3.8, 4) is 0 Å². The first kappa shape index (κ1) is 11.7. The summed E-state index contributed by atoms with van der Waals surface area (Å²) in [5.41, 5.74) is 1.76. The summed E-state index contributed by atoms with van der Waals surface area (Å²) in [4.78, 5) is 2.44. The van der Waals surface area contributed by atoms with Crippen LogP contribution < -0.4 is 0 Å². The Balaban J connectivity index is 2.13. The van der Waals surface area contributed by atoms with Gasteiger partial charge in [0.2, 0.25) is 0 Å². The Morgan fingerprint density at radius 2 is 1.75 bits per heavy atom. The summed E-state index contributed by atoms with van der Waals surface area (Å²) in [6, 6.07) is 11.6. The first-order valence-corrected chi connectivity index (χ1v) is 6.26. The summed E-state index contributed by atoms with van der Waals surface area (Å²) in [6.45, 7) is 7.26. The molecule has 1 saturated heterocycles. The van der Waals surface area contributed by atoms with Crippen LogP contribution in [-0.4, -0.2) is 25.0 Å². The maximum atomic E-state index is 3.11. The van der Waals surface area contributed by atoms with Gasteiger partial charge in [-0.05, 0) is 55.9 Å². The van der Waals surface area contributed by atoms with E-state index in [1.165, 1.54) is 31.5 Å². The molecular weight excluding hydrogens is 194 g/mol. The lowest BCUT2D eigenvalue weighted by atomic mass is 9.69. The lowest BCUT2D eigenvalue weighted by Gasteiger charge is -2.40. The molecule has 1 aliphatic heterocycles. The molecule has 1 heterocycles. The number of rotatable bonds is 2. The normalized spacial score (nSPS) is 19.9. The van der Waals surface area contributed by atoms with Gasteiger partial charge in [0, 0.05) is 0 Å². The van der Waals surface area contributed by atoms with Crippen LogP contribution in [0.15, 0.2) is 24.3 Å². The summed E-state index contributed by atoms with van der Waals surface area (Å²) in [7, 11) is 2.22. The van der Waals surface area contributed by atoms with Crippen molar-refractivity contribution in [3.63, 3.8) is 0 Å². The second-order valence-corrected chi connectivity index (χ2v) is 5.59. The molecule has 1 aromatic carbocycles. The predicted octanol–water partition coefficient (Wildman–Crippen LogP) is 3.11. The van der Waals surface area contributed by atoms with Crippen LogP contribution in [0.25, 0.3) is 0 Å². The molecule has 0 unspecified atom stereocenters. The molecule has 0 amide bonds. The van der Waals surface area contributed by atoms with Crippen molar-refractivity contribution in [2.75, 3.05) is 20.1 Å². The van der Waals surface area contributed by atoms with Crippen molar-refractivity contribution in [1.29, 1.82) is 0 Å². The van der Waals surface area contributed by atoms with E-state index in [1.807, 2.05) is 12.1 Å². The number of piperidine rings is 1. The highest BCUT2D eigenvalue weighted by Crippen LogP contribution is 2.37.